The molecule has 1 fully saturated rings. The normalized spacial score (nSPS) is 20.5. The second-order valence-electron chi connectivity index (χ2n) is 6.24. The number of rotatable bonds is 5. The molecule has 0 N–H and O–H groups in total. The van der Waals surface area contributed by atoms with Crippen LogP contribution in [0, 0.1) is 6.92 Å². The summed E-state index contributed by atoms with van der Waals surface area (Å²) in [5.74, 6) is 0.983. The quantitative estimate of drug-likeness (QED) is 0.779. The van der Waals surface area contributed by atoms with Gasteiger partial charge in [-0.15, -0.1) is 5.10 Å². The predicted molar refractivity (Wildman–Crippen MR) is 93.9 cm³/mol. The van der Waals surface area contributed by atoms with Crippen molar-refractivity contribution in [1.29, 1.82) is 0 Å². The first-order chi connectivity index (χ1) is 11.6. The Morgan fingerprint density at radius 1 is 1.33 bits per heavy atom. The van der Waals surface area contributed by atoms with Crippen LogP contribution in [-0.2, 0) is 11.8 Å². The fraction of sp³-hybridized carbons (Fsp3) is 0.529. The molecule has 7 heteroatoms. The third kappa shape index (κ3) is 3.45. The molecular formula is C17H23N5OS. The van der Waals surface area contributed by atoms with Crippen LogP contribution in [0.1, 0.15) is 36.8 Å². The number of carbonyl (C=O) groups excluding carboxylic acids is 1. The van der Waals surface area contributed by atoms with E-state index in [2.05, 4.69) is 53.6 Å². The Kier molecular flexibility index (Phi) is 5.18. The summed E-state index contributed by atoms with van der Waals surface area (Å²) in [4.78, 5) is 14.7. The van der Waals surface area contributed by atoms with Crippen molar-refractivity contribution in [2.75, 3.05) is 12.3 Å². The third-order valence-electron chi connectivity index (χ3n) is 4.70. The molecule has 1 saturated heterocycles. The Hall–Kier alpha value is -1.89. The van der Waals surface area contributed by atoms with E-state index in [1.165, 1.54) is 22.9 Å². The van der Waals surface area contributed by atoms with Crippen LogP contribution >= 0.6 is 11.8 Å². The van der Waals surface area contributed by atoms with Crippen molar-refractivity contribution < 1.29 is 4.79 Å². The number of tetrazole rings is 1. The van der Waals surface area contributed by atoms with Gasteiger partial charge in [0.05, 0.1) is 5.75 Å². The molecule has 6 nitrogen and oxygen atoms in total. The molecule has 2 aromatic rings. The molecule has 1 aromatic carbocycles. The minimum Gasteiger partial charge on any atom is -0.338 e. The molecule has 2 heterocycles. The number of thioether (sulfide) groups is 1. The van der Waals surface area contributed by atoms with Crippen molar-refractivity contribution in [3.8, 4) is 0 Å². The highest BCUT2D eigenvalue weighted by atomic mass is 32.2. The smallest absolute Gasteiger partial charge is 0.233 e. The number of hydrogen-bond acceptors (Lipinski definition) is 5. The summed E-state index contributed by atoms with van der Waals surface area (Å²) in [5, 5.41) is 12.0. The molecular weight excluding hydrogens is 322 g/mol. The molecule has 0 spiro atoms. The lowest BCUT2D eigenvalue weighted by molar-refractivity contribution is -0.129. The average Bonchev–Trinajstić information content (AvgIpc) is 3.19. The summed E-state index contributed by atoms with van der Waals surface area (Å²) >= 11 is 1.40. The predicted octanol–water partition coefficient (Wildman–Crippen LogP) is 2.41. The van der Waals surface area contributed by atoms with Crippen LogP contribution in [0.25, 0.3) is 0 Å². The molecule has 128 valence electrons. The van der Waals surface area contributed by atoms with E-state index < -0.39 is 0 Å². The fourth-order valence-corrected chi connectivity index (χ4v) is 4.16. The van der Waals surface area contributed by atoms with E-state index in [4.69, 9.17) is 0 Å². The van der Waals surface area contributed by atoms with E-state index in [0.29, 0.717) is 16.8 Å². The van der Waals surface area contributed by atoms with Gasteiger partial charge >= 0.3 is 0 Å². The van der Waals surface area contributed by atoms with Crippen molar-refractivity contribution in [1.82, 2.24) is 25.1 Å². The first kappa shape index (κ1) is 17.0. The second kappa shape index (κ2) is 7.34. The van der Waals surface area contributed by atoms with Gasteiger partial charge < -0.3 is 4.90 Å². The Balaban J connectivity index is 1.66. The summed E-state index contributed by atoms with van der Waals surface area (Å²) in [7, 11) is 1.78. The molecule has 1 aliphatic rings. The first-order valence-corrected chi connectivity index (χ1v) is 9.30. The number of benzene rings is 1. The van der Waals surface area contributed by atoms with Crippen molar-refractivity contribution in [2.45, 2.75) is 43.8 Å². The van der Waals surface area contributed by atoms with E-state index in [9.17, 15) is 4.79 Å². The SMILES string of the molecule is CC[C@@H]1[C@H](c2ccc(C)cc2)CCN1C(=O)CSc1nnnn1C. The van der Waals surface area contributed by atoms with Crippen molar-refractivity contribution in [3.05, 3.63) is 35.4 Å². The van der Waals surface area contributed by atoms with Gasteiger partial charge in [-0.1, -0.05) is 48.5 Å². The van der Waals surface area contributed by atoms with Crippen LogP contribution in [0.3, 0.4) is 0 Å². The summed E-state index contributed by atoms with van der Waals surface area (Å²) in [5.41, 5.74) is 2.61. The van der Waals surface area contributed by atoms with Crippen LogP contribution < -0.4 is 0 Å². The Morgan fingerprint density at radius 3 is 2.71 bits per heavy atom. The summed E-state index contributed by atoms with van der Waals surface area (Å²) in [6.45, 7) is 5.09. The van der Waals surface area contributed by atoms with Gasteiger partial charge in [-0.25, -0.2) is 4.68 Å². The van der Waals surface area contributed by atoms with Gasteiger partial charge in [-0.3, -0.25) is 4.79 Å². The average molecular weight is 345 g/mol. The molecule has 24 heavy (non-hydrogen) atoms. The van der Waals surface area contributed by atoms with Crippen LogP contribution in [0.5, 0.6) is 0 Å². The number of hydrogen-bond donors (Lipinski definition) is 0. The molecule has 0 radical (unpaired) electrons. The molecule has 0 saturated carbocycles. The molecule has 1 aliphatic heterocycles. The molecule has 0 aliphatic carbocycles. The zero-order valence-electron chi connectivity index (χ0n) is 14.3. The maximum absolute atomic E-state index is 12.7. The minimum atomic E-state index is 0.171. The van der Waals surface area contributed by atoms with Gasteiger partial charge in [0.15, 0.2) is 0 Å². The van der Waals surface area contributed by atoms with Crippen LogP contribution in [0.4, 0.5) is 0 Å². The Labute approximate surface area is 146 Å². The van der Waals surface area contributed by atoms with Gasteiger partial charge in [0.25, 0.3) is 0 Å². The molecule has 1 aromatic heterocycles. The van der Waals surface area contributed by atoms with E-state index >= 15 is 0 Å². The van der Waals surface area contributed by atoms with Gasteiger partial charge in [-0.05, 0) is 35.8 Å². The maximum atomic E-state index is 12.7. The Bertz CT molecular complexity index is 699. The molecule has 0 unspecified atom stereocenters. The van der Waals surface area contributed by atoms with Crippen molar-refractivity contribution in [2.24, 2.45) is 7.05 Å². The minimum absolute atomic E-state index is 0.171. The van der Waals surface area contributed by atoms with Gasteiger partial charge in [0.2, 0.25) is 11.1 Å². The van der Waals surface area contributed by atoms with Gasteiger partial charge in [0, 0.05) is 25.6 Å². The zero-order valence-corrected chi connectivity index (χ0v) is 15.2. The monoisotopic (exact) mass is 345 g/mol. The molecule has 1 amide bonds. The Morgan fingerprint density at radius 2 is 2.08 bits per heavy atom. The lowest BCUT2D eigenvalue weighted by Gasteiger charge is -2.27. The number of likely N-dealkylation sites (tertiary alicyclic amines) is 1. The number of carbonyl (C=O) groups is 1. The summed E-state index contributed by atoms with van der Waals surface area (Å²) < 4.78 is 1.59. The van der Waals surface area contributed by atoms with E-state index in [1.54, 1.807) is 11.7 Å². The highest BCUT2D eigenvalue weighted by Crippen LogP contribution is 2.35. The molecule has 3 rings (SSSR count). The fourth-order valence-electron chi connectivity index (χ4n) is 3.42. The van der Waals surface area contributed by atoms with Gasteiger partial charge in [-0.2, -0.15) is 0 Å². The van der Waals surface area contributed by atoms with Crippen molar-refractivity contribution >= 4 is 17.7 Å². The second-order valence-corrected chi connectivity index (χ2v) is 7.18. The zero-order chi connectivity index (χ0) is 17.1. The largest absolute Gasteiger partial charge is 0.338 e. The molecule has 0 bridgehead atoms. The van der Waals surface area contributed by atoms with E-state index in [1.807, 2.05) is 4.90 Å². The van der Waals surface area contributed by atoms with E-state index in [0.717, 1.165) is 19.4 Å². The highest BCUT2D eigenvalue weighted by molar-refractivity contribution is 7.99. The van der Waals surface area contributed by atoms with Crippen molar-refractivity contribution in [3.63, 3.8) is 0 Å². The van der Waals surface area contributed by atoms with Gasteiger partial charge in [0.1, 0.15) is 0 Å². The van der Waals surface area contributed by atoms with E-state index in [-0.39, 0.29) is 11.9 Å². The third-order valence-corrected chi connectivity index (χ3v) is 5.69. The number of nitrogens with zero attached hydrogens (tertiary/aromatic N) is 5. The number of aromatic nitrogens is 4. The highest BCUT2D eigenvalue weighted by Gasteiger charge is 2.36. The maximum Gasteiger partial charge on any atom is 0.233 e. The number of amides is 1. The van der Waals surface area contributed by atoms with Crippen LogP contribution in [0.15, 0.2) is 29.4 Å². The first-order valence-electron chi connectivity index (χ1n) is 8.31. The van der Waals surface area contributed by atoms with Crippen LogP contribution in [-0.4, -0.2) is 49.4 Å². The summed E-state index contributed by atoms with van der Waals surface area (Å²) in [6.07, 6.45) is 2.00. The molecule has 2 atom stereocenters. The summed E-state index contributed by atoms with van der Waals surface area (Å²) in [6, 6.07) is 9.00. The topological polar surface area (TPSA) is 63.9 Å². The lowest BCUT2D eigenvalue weighted by atomic mass is 9.90. The lowest BCUT2D eigenvalue weighted by Crippen LogP contribution is -2.38. The van der Waals surface area contributed by atoms with Crippen LogP contribution in [0.2, 0.25) is 0 Å². The number of aryl methyl sites for hydroxylation is 2. The standard InChI is InChI=1S/C17H23N5OS/c1-4-15-14(13-7-5-12(2)6-8-13)9-10-22(15)16(23)11-24-17-18-19-20-21(17)3/h5-8,14-15H,4,9-11H2,1-3H3/t14-,15+/m0/s1.